The molecule has 3 rings (SSSR count). The monoisotopic (exact) mass is 290 g/mol. The molecule has 2 aliphatic heterocycles. The first kappa shape index (κ1) is 14.2. The van der Waals surface area contributed by atoms with Gasteiger partial charge in [-0.05, 0) is 56.5 Å². The molecule has 114 valence electrons. The lowest BCUT2D eigenvalue weighted by Crippen LogP contribution is -2.33. The van der Waals surface area contributed by atoms with Gasteiger partial charge in [0.15, 0.2) is 11.5 Å². The van der Waals surface area contributed by atoms with Crippen LogP contribution in [0.1, 0.15) is 37.8 Å². The molecule has 5 heteroatoms. The lowest BCUT2D eigenvalue weighted by atomic mass is 9.94. The highest BCUT2D eigenvalue weighted by Crippen LogP contribution is 2.34. The molecule has 0 radical (unpaired) electrons. The summed E-state index contributed by atoms with van der Waals surface area (Å²) in [5.74, 6) is 2.17. The minimum Gasteiger partial charge on any atom is -0.454 e. The van der Waals surface area contributed by atoms with Crippen LogP contribution in [0.5, 0.6) is 11.5 Å². The van der Waals surface area contributed by atoms with Crippen molar-refractivity contribution < 1.29 is 14.3 Å². The smallest absolute Gasteiger partial charge is 0.231 e. The number of hydrogen-bond donors (Lipinski definition) is 2. The molecule has 1 unspecified atom stereocenters. The molecule has 0 aliphatic carbocycles. The highest BCUT2D eigenvalue weighted by molar-refractivity contribution is 5.76. The van der Waals surface area contributed by atoms with E-state index >= 15 is 0 Å². The van der Waals surface area contributed by atoms with Crippen molar-refractivity contribution in [2.45, 2.75) is 32.2 Å². The summed E-state index contributed by atoms with van der Waals surface area (Å²) >= 11 is 0. The third-order valence-corrected chi connectivity index (χ3v) is 4.21. The predicted octanol–water partition coefficient (Wildman–Crippen LogP) is 1.98. The molecule has 0 bridgehead atoms. The van der Waals surface area contributed by atoms with Crippen LogP contribution in [-0.4, -0.2) is 25.8 Å². The Morgan fingerprint density at radius 2 is 2.10 bits per heavy atom. The molecule has 0 spiro atoms. The molecule has 1 amide bonds. The predicted molar refractivity (Wildman–Crippen MR) is 79.3 cm³/mol. The molecule has 1 atom stereocenters. The van der Waals surface area contributed by atoms with Gasteiger partial charge in [0.05, 0.1) is 6.04 Å². The van der Waals surface area contributed by atoms with E-state index in [0.29, 0.717) is 12.3 Å². The van der Waals surface area contributed by atoms with Crippen molar-refractivity contribution in [2.75, 3.05) is 19.9 Å². The van der Waals surface area contributed by atoms with Crippen LogP contribution in [0.2, 0.25) is 0 Å². The number of hydrogen-bond acceptors (Lipinski definition) is 4. The number of ether oxygens (including phenoxy) is 2. The van der Waals surface area contributed by atoms with Crippen LogP contribution in [-0.2, 0) is 4.79 Å². The zero-order chi connectivity index (χ0) is 14.7. The minimum absolute atomic E-state index is 0.0197. The van der Waals surface area contributed by atoms with Crippen molar-refractivity contribution in [3.8, 4) is 11.5 Å². The van der Waals surface area contributed by atoms with Crippen LogP contribution >= 0.6 is 0 Å². The average Bonchev–Trinajstić information content (AvgIpc) is 2.95. The first-order valence-corrected chi connectivity index (χ1v) is 7.62. The van der Waals surface area contributed by atoms with E-state index in [1.807, 2.05) is 25.1 Å². The molecule has 0 aromatic heterocycles. The number of carbonyl (C=O) groups excluding carboxylic acids is 1. The minimum atomic E-state index is -0.0197. The molecule has 1 fully saturated rings. The Hall–Kier alpha value is -1.75. The SMILES string of the molecule is CC(NC(=O)CC1CCNCC1)c1ccc2c(c1)OCO2. The zero-order valence-electron chi connectivity index (χ0n) is 12.4. The number of nitrogens with one attached hydrogen (secondary N) is 2. The number of fused-ring (bicyclic) bond motifs is 1. The number of benzene rings is 1. The molecule has 2 N–H and O–H groups in total. The van der Waals surface area contributed by atoms with Crippen molar-refractivity contribution >= 4 is 5.91 Å². The molecule has 5 nitrogen and oxygen atoms in total. The van der Waals surface area contributed by atoms with Gasteiger partial charge in [-0.1, -0.05) is 6.07 Å². The largest absolute Gasteiger partial charge is 0.454 e. The molecule has 2 heterocycles. The van der Waals surface area contributed by atoms with Crippen molar-refractivity contribution in [3.63, 3.8) is 0 Å². The van der Waals surface area contributed by atoms with E-state index in [1.54, 1.807) is 0 Å². The van der Waals surface area contributed by atoms with Crippen LogP contribution in [0.4, 0.5) is 0 Å². The van der Waals surface area contributed by atoms with Crippen molar-refractivity contribution in [2.24, 2.45) is 5.92 Å². The fraction of sp³-hybridized carbons (Fsp3) is 0.562. The highest BCUT2D eigenvalue weighted by Gasteiger charge is 2.20. The van der Waals surface area contributed by atoms with Gasteiger partial charge in [-0.25, -0.2) is 0 Å². The van der Waals surface area contributed by atoms with E-state index in [2.05, 4.69) is 10.6 Å². The van der Waals surface area contributed by atoms with Gasteiger partial charge < -0.3 is 20.1 Å². The van der Waals surface area contributed by atoms with Gasteiger partial charge in [-0.2, -0.15) is 0 Å². The third kappa shape index (κ3) is 3.47. The summed E-state index contributed by atoms with van der Waals surface area (Å²) < 4.78 is 10.7. The molecule has 0 saturated carbocycles. The van der Waals surface area contributed by atoms with E-state index in [0.717, 1.165) is 43.0 Å². The van der Waals surface area contributed by atoms with Gasteiger partial charge in [0.1, 0.15) is 0 Å². The lowest BCUT2D eigenvalue weighted by molar-refractivity contribution is -0.122. The maximum absolute atomic E-state index is 12.1. The molecular formula is C16H22N2O3. The third-order valence-electron chi connectivity index (χ3n) is 4.21. The van der Waals surface area contributed by atoms with Crippen molar-refractivity contribution in [1.82, 2.24) is 10.6 Å². The summed E-state index contributed by atoms with van der Waals surface area (Å²) in [6.45, 7) is 4.32. The summed E-state index contributed by atoms with van der Waals surface area (Å²) in [6.07, 6.45) is 2.80. The normalized spacial score (nSPS) is 19.3. The molecule has 1 aromatic rings. The van der Waals surface area contributed by atoms with Crippen molar-refractivity contribution in [3.05, 3.63) is 23.8 Å². The summed E-state index contributed by atoms with van der Waals surface area (Å²) in [7, 11) is 0. The standard InChI is InChI=1S/C16H22N2O3/c1-11(13-2-3-14-15(9-13)21-10-20-14)18-16(19)8-12-4-6-17-7-5-12/h2-3,9,11-12,17H,4-8,10H2,1H3,(H,18,19). The van der Waals surface area contributed by atoms with E-state index in [1.165, 1.54) is 0 Å². The summed E-state index contributed by atoms with van der Waals surface area (Å²) in [6, 6.07) is 5.79. The van der Waals surface area contributed by atoms with Gasteiger partial charge >= 0.3 is 0 Å². The van der Waals surface area contributed by atoms with E-state index in [-0.39, 0.29) is 18.7 Å². The Morgan fingerprint density at radius 1 is 1.33 bits per heavy atom. The topological polar surface area (TPSA) is 59.6 Å². The number of carbonyl (C=O) groups is 1. The van der Waals surface area contributed by atoms with E-state index in [9.17, 15) is 4.79 Å². The van der Waals surface area contributed by atoms with Crippen LogP contribution < -0.4 is 20.1 Å². The van der Waals surface area contributed by atoms with Gasteiger partial charge in [0.25, 0.3) is 0 Å². The summed E-state index contributed by atoms with van der Waals surface area (Å²) in [5, 5.41) is 6.40. The van der Waals surface area contributed by atoms with Crippen LogP contribution in [0, 0.1) is 5.92 Å². The van der Waals surface area contributed by atoms with Crippen LogP contribution in [0.25, 0.3) is 0 Å². The Labute approximate surface area is 125 Å². The quantitative estimate of drug-likeness (QED) is 0.890. The second-order valence-electron chi connectivity index (χ2n) is 5.80. The Balaban J connectivity index is 1.55. The average molecular weight is 290 g/mol. The van der Waals surface area contributed by atoms with Gasteiger partial charge in [-0.15, -0.1) is 0 Å². The second-order valence-corrected chi connectivity index (χ2v) is 5.80. The molecular weight excluding hydrogens is 268 g/mol. The first-order valence-electron chi connectivity index (χ1n) is 7.62. The second kappa shape index (κ2) is 6.35. The van der Waals surface area contributed by atoms with E-state index < -0.39 is 0 Å². The van der Waals surface area contributed by atoms with E-state index in [4.69, 9.17) is 9.47 Å². The Morgan fingerprint density at radius 3 is 2.90 bits per heavy atom. The number of amides is 1. The van der Waals surface area contributed by atoms with Gasteiger partial charge in [-0.3, -0.25) is 4.79 Å². The first-order chi connectivity index (χ1) is 10.2. The van der Waals surface area contributed by atoms with Crippen LogP contribution in [0.15, 0.2) is 18.2 Å². The summed E-state index contributed by atoms with van der Waals surface area (Å²) in [5.41, 5.74) is 1.04. The number of piperidine rings is 1. The van der Waals surface area contributed by atoms with Gasteiger partial charge in [0.2, 0.25) is 12.7 Å². The zero-order valence-corrected chi connectivity index (χ0v) is 12.4. The Bertz CT molecular complexity index is 512. The highest BCUT2D eigenvalue weighted by atomic mass is 16.7. The fourth-order valence-electron chi connectivity index (χ4n) is 2.91. The Kier molecular flexibility index (Phi) is 4.29. The fourth-order valence-corrected chi connectivity index (χ4v) is 2.91. The van der Waals surface area contributed by atoms with Crippen LogP contribution in [0.3, 0.4) is 0 Å². The molecule has 1 saturated heterocycles. The van der Waals surface area contributed by atoms with Gasteiger partial charge in [0, 0.05) is 6.42 Å². The number of rotatable bonds is 4. The maximum atomic E-state index is 12.1. The molecule has 2 aliphatic rings. The molecule has 1 aromatic carbocycles. The summed E-state index contributed by atoms with van der Waals surface area (Å²) in [4.78, 5) is 12.1. The lowest BCUT2D eigenvalue weighted by Gasteiger charge is -2.23. The molecule has 21 heavy (non-hydrogen) atoms. The van der Waals surface area contributed by atoms with Crippen molar-refractivity contribution in [1.29, 1.82) is 0 Å². The maximum Gasteiger partial charge on any atom is 0.231 e.